The molecule has 0 saturated carbocycles. The molecule has 206 valence electrons. The zero-order valence-corrected chi connectivity index (χ0v) is 22.2. The second-order valence-corrected chi connectivity index (χ2v) is 10.1. The fourth-order valence-corrected chi connectivity index (χ4v) is 5.97. The molecule has 10 nitrogen and oxygen atoms in total. The number of hydrogen-bond acceptors (Lipinski definition) is 7. The van der Waals surface area contributed by atoms with Gasteiger partial charge in [0.05, 0.1) is 32.5 Å². The molecule has 2 amide bonds. The molecule has 10 heteroatoms. The average Bonchev–Trinajstić information content (AvgIpc) is 3.35. The molecule has 0 spiro atoms. The molecule has 2 atom stereocenters. The number of nitrogens with zero attached hydrogens (tertiary/aromatic N) is 3. The van der Waals surface area contributed by atoms with E-state index in [0.717, 1.165) is 27.7 Å². The summed E-state index contributed by atoms with van der Waals surface area (Å²) in [7, 11) is 3.15. The van der Waals surface area contributed by atoms with Gasteiger partial charge in [-0.1, -0.05) is 36.4 Å². The smallest absolute Gasteiger partial charge is 0.246 e. The summed E-state index contributed by atoms with van der Waals surface area (Å²) in [4.78, 5) is 34.4. The number of anilines is 1. The van der Waals surface area contributed by atoms with Crippen molar-refractivity contribution in [3.05, 3.63) is 94.3 Å². The number of carbonyl (C=O) groups excluding carboxylic acids is 2. The third kappa shape index (κ3) is 4.31. The molecule has 0 aliphatic carbocycles. The van der Waals surface area contributed by atoms with Gasteiger partial charge < -0.3 is 34.7 Å². The third-order valence-electron chi connectivity index (χ3n) is 7.87. The number of carbonyl (C=O) groups is 2. The maximum atomic E-state index is 13.9. The highest BCUT2D eigenvalue weighted by Crippen LogP contribution is 2.43. The number of piperazine rings is 1. The molecule has 3 heterocycles. The number of aromatic amines is 1. The minimum absolute atomic E-state index is 0.0459. The van der Waals surface area contributed by atoms with Crippen LogP contribution >= 0.6 is 0 Å². The number of ether oxygens (including phenoxy) is 2. The Labute approximate surface area is 230 Å². The van der Waals surface area contributed by atoms with Crippen molar-refractivity contribution in [2.75, 3.05) is 32.5 Å². The average molecular weight is 542 g/mol. The van der Waals surface area contributed by atoms with Gasteiger partial charge in [0.1, 0.15) is 6.04 Å². The predicted molar refractivity (Wildman–Crippen MR) is 148 cm³/mol. The van der Waals surface area contributed by atoms with Crippen LogP contribution in [0.1, 0.15) is 28.4 Å². The molecule has 3 aromatic carbocycles. The molecule has 0 bridgehead atoms. The molecule has 1 saturated heterocycles. The van der Waals surface area contributed by atoms with Crippen molar-refractivity contribution in [3.63, 3.8) is 0 Å². The predicted octanol–water partition coefficient (Wildman–Crippen LogP) is 3.81. The standard InChI is InChI=1S/C30H29N4O6/c1-39-25-11-10-18(14-26(25)40-2)12-13-32-17-27(35)33-24(30(32)36)16-22-21-8-3-4-9-23(21)31-28(22)29(33)19-6-5-7-20(15-19)34(37)38/h3-11,14-15,24,29,31,37H,12-13,16-17H2,1-2H3/q-1/t24-,29?/m0/s1. The largest absolute Gasteiger partial charge is 0.733 e. The number of hydrogen-bond donors (Lipinski definition) is 2. The van der Waals surface area contributed by atoms with E-state index in [1.807, 2.05) is 42.5 Å². The zero-order valence-electron chi connectivity index (χ0n) is 22.2. The maximum Gasteiger partial charge on any atom is 0.246 e. The van der Waals surface area contributed by atoms with Crippen molar-refractivity contribution in [1.29, 1.82) is 0 Å². The lowest BCUT2D eigenvalue weighted by atomic mass is 9.86. The maximum absolute atomic E-state index is 13.9. The van der Waals surface area contributed by atoms with Crippen LogP contribution in [0.3, 0.4) is 0 Å². The number of fused-ring (bicyclic) bond motifs is 4. The van der Waals surface area contributed by atoms with Crippen molar-refractivity contribution in [2.24, 2.45) is 0 Å². The highest BCUT2D eigenvalue weighted by Gasteiger charge is 2.48. The van der Waals surface area contributed by atoms with Crippen molar-refractivity contribution in [2.45, 2.75) is 24.9 Å². The normalized spacial score (nSPS) is 18.5. The lowest BCUT2D eigenvalue weighted by molar-refractivity contribution is -0.158. The number of aromatic nitrogens is 1. The summed E-state index contributed by atoms with van der Waals surface area (Å²) in [6.07, 6.45) is 0.923. The first-order valence-corrected chi connectivity index (χ1v) is 13.1. The Morgan fingerprint density at radius 1 is 1.02 bits per heavy atom. The number of nitrogens with one attached hydrogen (secondary N) is 1. The molecular formula is C30H29N4O6-. The summed E-state index contributed by atoms with van der Waals surface area (Å²) >= 11 is 0. The monoisotopic (exact) mass is 541 g/mol. The van der Waals surface area contributed by atoms with Crippen molar-refractivity contribution in [1.82, 2.24) is 14.8 Å². The minimum atomic E-state index is -0.704. The van der Waals surface area contributed by atoms with Crippen molar-refractivity contribution >= 4 is 28.4 Å². The van der Waals surface area contributed by atoms with Gasteiger partial charge in [-0.25, -0.2) is 0 Å². The molecule has 2 N–H and O–H groups in total. The van der Waals surface area contributed by atoms with Crippen LogP contribution < -0.4 is 14.7 Å². The summed E-state index contributed by atoms with van der Waals surface area (Å²) in [6.45, 7) is 0.322. The zero-order chi connectivity index (χ0) is 28.0. The number of methoxy groups -OCH3 is 2. The highest BCUT2D eigenvalue weighted by atomic mass is 16.8. The van der Waals surface area contributed by atoms with Gasteiger partial charge in [-0.3, -0.25) is 14.8 Å². The molecular weight excluding hydrogens is 512 g/mol. The van der Waals surface area contributed by atoms with Gasteiger partial charge in [-0.05, 0) is 53.4 Å². The number of benzene rings is 3. The van der Waals surface area contributed by atoms with E-state index >= 15 is 0 Å². The van der Waals surface area contributed by atoms with Crippen LogP contribution in [0.5, 0.6) is 11.5 Å². The van der Waals surface area contributed by atoms with Crippen LogP contribution in [0, 0.1) is 5.21 Å². The van der Waals surface area contributed by atoms with E-state index in [9.17, 15) is 20.0 Å². The first-order valence-electron chi connectivity index (χ1n) is 13.1. The number of para-hydroxylation sites is 1. The Kier molecular flexibility index (Phi) is 6.57. The van der Waals surface area contributed by atoms with Crippen LogP contribution in [0.2, 0.25) is 0 Å². The van der Waals surface area contributed by atoms with Crippen molar-refractivity contribution in [3.8, 4) is 11.5 Å². The summed E-state index contributed by atoms with van der Waals surface area (Å²) in [5, 5.41) is 22.0. The Morgan fingerprint density at radius 3 is 2.60 bits per heavy atom. The Morgan fingerprint density at radius 2 is 1.82 bits per heavy atom. The minimum Gasteiger partial charge on any atom is -0.733 e. The van der Waals surface area contributed by atoms with Gasteiger partial charge in [0.25, 0.3) is 0 Å². The van der Waals surface area contributed by atoms with E-state index < -0.39 is 12.1 Å². The van der Waals surface area contributed by atoms with Crippen LogP contribution in [-0.4, -0.2) is 65.2 Å². The molecule has 1 aromatic heterocycles. The number of H-pyrrole nitrogens is 1. The van der Waals surface area contributed by atoms with Crippen LogP contribution in [0.15, 0.2) is 66.7 Å². The molecule has 0 radical (unpaired) electrons. The van der Waals surface area contributed by atoms with E-state index in [2.05, 4.69) is 4.98 Å². The lowest BCUT2D eigenvalue weighted by Gasteiger charge is -2.47. The van der Waals surface area contributed by atoms with Gasteiger partial charge in [-0.2, -0.15) is 0 Å². The lowest BCUT2D eigenvalue weighted by Crippen LogP contribution is -2.63. The fourth-order valence-electron chi connectivity index (χ4n) is 5.97. The van der Waals surface area contributed by atoms with Gasteiger partial charge in [0, 0.05) is 29.6 Å². The van der Waals surface area contributed by atoms with Gasteiger partial charge in [-0.15, -0.1) is 0 Å². The van der Waals surface area contributed by atoms with Gasteiger partial charge >= 0.3 is 0 Å². The Hall–Kier alpha value is -4.54. The summed E-state index contributed by atoms with van der Waals surface area (Å²) in [5.74, 6) is 0.930. The van der Waals surface area contributed by atoms with E-state index in [1.54, 1.807) is 42.2 Å². The summed E-state index contributed by atoms with van der Waals surface area (Å²) in [6, 6.07) is 18.6. The molecule has 1 fully saturated rings. The first kappa shape index (κ1) is 25.7. The number of rotatable bonds is 7. The Bertz CT molecular complexity index is 1600. The molecule has 2 aliphatic rings. The molecule has 4 aromatic rings. The van der Waals surface area contributed by atoms with E-state index in [4.69, 9.17) is 9.47 Å². The molecule has 1 unspecified atom stereocenters. The quantitative estimate of drug-likeness (QED) is 0.341. The van der Waals surface area contributed by atoms with E-state index in [1.165, 1.54) is 6.07 Å². The number of amides is 2. The van der Waals surface area contributed by atoms with Crippen molar-refractivity contribution < 1.29 is 24.3 Å². The van der Waals surface area contributed by atoms with Crippen LogP contribution in [-0.2, 0) is 22.4 Å². The first-order chi connectivity index (χ1) is 19.4. The molecule has 40 heavy (non-hydrogen) atoms. The van der Waals surface area contributed by atoms with Crippen LogP contribution in [0.4, 0.5) is 5.69 Å². The van der Waals surface area contributed by atoms with Crippen LogP contribution in [0.25, 0.3) is 10.9 Å². The highest BCUT2D eigenvalue weighted by molar-refractivity contribution is 5.97. The van der Waals surface area contributed by atoms with Gasteiger partial charge in [0.15, 0.2) is 11.5 Å². The third-order valence-corrected chi connectivity index (χ3v) is 7.87. The van der Waals surface area contributed by atoms with E-state index in [-0.39, 0.29) is 29.3 Å². The summed E-state index contributed by atoms with van der Waals surface area (Å²) in [5.41, 5.74) is 4.33. The van der Waals surface area contributed by atoms with E-state index in [0.29, 0.717) is 36.4 Å². The Balaban J connectivity index is 1.35. The second-order valence-electron chi connectivity index (χ2n) is 10.1. The SMILES string of the molecule is COc1ccc(CCN2CC(=O)N3C(c4cccc(N([O-])O)c4)c4[nH]c5ccccc5c4C[C@H]3C2=O)cc1OC. The fraction of sp³-hybridized carbons (Fsp3) is 0.267. The summed E-state index contributed by atoms with van der Waals surface area (Å²) < 4.78 is 10.7. The topological polar surface area (TPSA) is 121 Å². The molecule has 2 aliphatic heterocycles. The second kappa shape index (κ2) is 10.2. The molecule has 6 rings (SSSR count). The van der Waals surface area contributed by atoms with Gasteiger partial charge in [0.2, 0.25) is 11.8 Å².